The van der Waals surface area contributed by atoms with Crippen LogP contribution < -0.4 is 0 Å². The second-order valence-corrected chi connectivity index (χ2v) is 7.13. The van der Waals surface area contributed by atoms with Crippen LogP contribution in [0.15, 0.2) is 53.2 Å². The van der Waals surface area contributed by atoms with Crippen LogP contribution in [0.2, 0.25) is 0 Å². The first-order valence-corrected chi connectivity index (χ1v) is 9.41. The summed E-state index contributed by atoms with van der Waals surface area (Å²) >= 11 is 0. The van der Waals surface area contributed by atoms with Crippen molar-refractivity contribution in [1.82, 2.24) is 25.0 Å². The van der Waals surface area contributed by atoms with Crippen LogP contribution in [0.1, 0.15) is 23.9 Å². The van der Waals surface area contributed by atoms with Crippen molar-refractivity contribution in [2.24, 2.45) is 0 Å². The summed E-state index contributed by atoms with van der Waals surface area (Å²) in [7, 11) is 0. The quantitative estimate of drug-likeness (QED) is 0.680. The predicted molar refractivity (Wildman–Crippen MR) is 104 cm³/mol. The molecule has 144 valence electrons. The molecule has 1 fully saturated rings. The molecule has 1 saturated heterocycles. The maximum Gasteiger partial charge on any atom is 0.249 e. The molecule has 0 bridgehead atoms. The first kappa shape index (κ1) is 18.3. The van der Waals surface area contributed by atoms with E-state index in [9.17, 15) is 4.79 Å². The summed E-state index contributed by atoms with van der Waals surface area (Å²) in [5.74, 6) is 1.07. The SMILES string of the molecule is Cc1ccc(CN2CCN(Cc3nnc(-c4cccnc4)o3)[C@H](C)C2=O)cc1. The van der Waals surface area contributed by atoms with Gasteiger partial charge < -0.3 is 9.32 Å². The second kappa shape index (κ2) is 7.90. The molecule has 1 aliphatic heterocycles. The molecule has 7 nitrogen and oxygen atoms in total. The average molecular weight is 377 g/mol. The van der Waals surface area contributed by atoms with Crippen molar-refractivity contribution in [2.45, 2.75) is 33.0 Å². The molecule has 0 spiro atoms. The van der Waals surface area contributed by atoms with Gasteiger partial charge in [-0.2, -0.15) is 0 Å². The number of carbonyl (C=O) groups is 1. The van der Waals surface area contributed by atoms with Crippen LogP contribution in [0, 0.1) is 6.92 Å². The lowest BCUT2D eigenvalue weighted by atomic mass is 10.1. The average Bonchev–Trinajstić information content (AvgIpc) is 3.19. The van der Waals surface area contributed by atoms with Gasteiger partial charge in [0.05, 0.1) is 18.2 Å². The Morgan fingerprint density at radius 1 is 1.11 bits per heavy atom. The van der Waals surface area contributed by atoms with Gasteiger partial charge in [0.2, 0.25) is 17.7 Å². The highest BCUT2D eigenvalue weighted by atomic mass is 16.4. The Morgan fingerprint density at radius 3 is 2.68 bits per heavy atom. The number of hydrogen-bond donors (Lipinski definition) is 0. The van der Waals surface area contributed by atoms with Crippen LogP contribution in [-0.4, -0.2) is 50.0 Å². The maximum atomic E-state index is 12.8. The summed E-state index contributed by atoms with van der Waals surface area (Å²) in [6, 6.07) is 11.8. The molecule has 4 rings (SSSR count). The number of carbonyl (C=O) groups excluding carboxylic acids is 1. The maximum absolute atomic E-state index is 12.8. The van der Waals surface area contributed by atoms with Gasteiger partial charge in [-0.1, -0.05) is 29.8 Å². The number of amides is 1. The van der Waals surface area contributed by atoms with Gasteiger partial charge in [-0.05, 0) is 31.5 Å². The number of piperazine rings is 1. The largest absolute Gasteiger partial charge is 0.419 e. The number of pyridine rings is 1. The first-order valence-electron chi connectivity index (χ1n) is 9.41. The van der Waals surface area contributed by atoms with Crippen molar-refractivity contribution in [3.8, 4) is 11.5 Å². The van der Waals surface area contributed by atoms with Gasteiger partial charge in [0.15, 0.2) is 0 Å². The van der Waals surface area contributed by atoms with E-state index in [1.165, 1.54) is 5.56 Å². The van der Waals surface area contributed by atoms with Gasteiger partial charge in [-0.25, -0.2) is 0 Å². The van der Waals surface area contributed by atoms with E-state index in [1.807, 2.05) is 24.0 Å². The van der Waals surface area contributed by atoms with E-state index >= 15 is 0 Å². The molecule has 7 heteroatoms. The number of rotatable bonds is 5. The Labute approximate surface area is 164 Å². The molecule has 1 aromatic carbocycles. The van der Waals surface area contributed by atoms with Crippen LogP contribution in [0.4, 0.5) is 0 Å². The fourth-order valence-corrected chi connectivity index (χ4v) is 3.36. The molecule has 0 unspecified atom stereocenters. The topological polar surface area (TPSA) is 75.4 Å². The molecule has 2 aromatic heterocycles. The van der Waals surface area contributed by atoms with Crippen molar-refractivity contribution in [1.29, 1.82) is 0 Å². The highest BCUT2D eigenvalue weighted by Gasteiger charge is 2.32. The molecule has 3 heterocycles. The molecule has 1 aliphatic rings. The number of aromatic nitrogens is 3. The number of hydrogen-bond acceptors (Lipinski definition) is 6. The molecule has 0 N–H and O–H groups in total. The molecule has 0 aliphatic carbocycles. The Balaban J connectivity index is 1.39. The van der Waals surface area contributed by atoms with Crippen LogP contribution in [0.3, 0.4) is 0 Å². The van der Waals surface area contributed by atoms with E-state index in [4.69, 9.17) is 4.42 Å². The summed E-state index contributed by atoms with van der Waals surface area (Å²) in [5.41, 5.74) is 3.16. The number of nitrogens with zero attached hydrogens (tertiary/aromatic N) is 5. The van der Waals surface area contributed by atoms with Gasteiger partial charge in [-0.3, -0.25) is 14.7 Å². The summed E-state index contributed by atoms with van der Waals surface area (Å²) in [6.07, 6.45) is 3.39. The molecule has 0 radical (unpaired) electrons. The highest BCUT2D eigenvalue weighted by molar-refractivity contribution is 5.82. The first-order chi connectivity index (χ1) is 13.6. The van der Waals surface area contributed by atoms with Gasteiger partial charge >= 0.3 is 0 Å². The second-order valence-electron chi connectivity index (χ2n) is 7.13. The molecule has 1 amide bonds. The third-order valence-electron chi connectivity index (χ3n) is 5.08. The Kier molecular flexibility index (Phi) is 5.16. The van der Waals surface area contributed by atoms with Gasteiger partial charge in [0.25, 0.3) is 0 Å². The minimum Gasteiger partial charge on any atom is -0.419 e. The lowest BCUT2D eigenvalue weighted by Crippen LogP contribution is -2.54. The Hall–Kier alpha value is -3.06. The number of aryl methyl sites for hydroxylation is 1. The van der Waals surface area contributed by atoms with Crippen molar-refractivity contribution < 1.29 is 9.21 Å². The smallest absolute Gasteiger partial charge is 0.249 e. The summed E-state index contributed by atoms with van der Waals surface area (Å²) in [5, 5.41) is 8.23. The van der Waals surface area contributed by atoms with Crippen molar-refractivity contribution in [3.05, 3.63) is 65.8 Å². The van der Waals surface area contributed by atoms with E-state index < -0.39 is 0 Å². The lowest BCUT2D eigenvalue weighted by Gasteiger charge is -2.38. The zero-order valence-electron chi connectivity index (χ0n) is 16.1. The molecule has 28 heavy (non-hydrogen) atoms. The van der Waals surface area contributed by atoms with Crippen LogP contribution in [0.25, 0.3) is 11.5 Å². The van der Waals surface area contributed by atoms with Crippen molar-refractivity contribution in [3.63, 3.8) is 0 Å². The molecular formula is C21H23N5O2. The third-order valence-corrected chi connectivity index (χ3v) is 5.08. The van der Waals surface area contributed by atoms with E-state index in [-0.39, 0.29) is 11.9 Å². The molecule has 1 atom stereocenters. The van der Waals surface area contributed by atoms with Crippen LogP contribution in [-0.2, 0) is 17.9 Å². The van der Waals surface area contributed by atoms with Gasteiger partial charge in [0.1, 0.15) is 0 Å². The van der Waals surface area contributed by atoms with Crippen molar-refractivity contribution in [2.75, 3.05) is 13.1 Å². The van der Waals surface area contributed by atoms with E-state index in [0.717, 1.165) is 17.7 Å². The summed E-state index contributed by atoms with van der Waals surface area (Å²) < 4.78 is 5.76. The minimum atomic E-state index is -0.229. The zero-order chi connectivity index (χ0) is 19.5. The monoisotopic (exact) mass is 377 g/mol. The summed E-state index contributed by atoms with van der Waals surface area (Å²) in [6.45, 7) is 6.54. The fourth-order valence-electron chi connectivity index (χ4n) is 3.36. The van der Waals surface area contributed by atoms with Crippen molar-refractivity contribution >= 4 is 5.91 Å². The normalized spacial score (nSPS) is 17.9. The van der Waals surface area contributed by atoms with E-state index in [1.54, 1.807) is 12.4 Å². The number of benzene rings is 1. The standard InChI is InChI=1S/C21H23N5O2/c1-15-5-7-17(8-6-15)13-26-11-10-25(16(2)21(26)27)14-19-23-24-20(28-19)18-4-3-9-22-12-18/h3-9,12,16H,10-11,13-14H2,1-2H3/t16-/m1/s1. The summed E-state index contributed by atoms with van der Waals surface area (Å²) in [4.78, 5) is 20.9. The highest BCUT2D eigenvalue weighted by Crippen LogP contribution is 2.20. The van der Waals surface area contributed by atoms with Crippen LogP contribution in [0.5, 0.6) is 0 Å². The molecule has 0 saturated carbocycles. The zero-order valence-corrected chi connectivity index (χ0v) is 16.1. The van der Waals surface area contributed by atoms with Gasteiger partial charge in [-0.15, -0.1) is 10.2 Å². The van der Waals surface area contributed by atoms with E-state index in [2.05, 4.69) is 51.3 Å². The molecule has 3 aromatic rings. The Morgan fingerprint density at radius 2 is 1.93 bits per heavy atom. The Bertz CT molecular complexity index is 939. The third kappa shape index (κ3) is 3.94. The fraction of sp³-hybridized carbons (Fsp3) is 0.333. The lowest BCUT2D eigenvalue weighted by molar-refractivity contribution is -0.142. The van der Waals surface area contributed by atoms with E-state index in [0.29, 0.717) is 31.4 Å². The minimum absolute atomic E-state index is 0.124. The molecular weight excluding hydrogens is 354 g/mol. The predicted octanol–water partition coefficient (Wildman–Crippen LogP) is 2.67. The van der Waals surface area contributed by atoms with Crippen LogP contribution >= 0.6 is 0 Å². The van der Waals surface area contributed by atoms with Gasteiger partial charge in [0, 0.05) is 32.0 Å².